The largest absolute Gasteiger partial charge is 0.351 e. The van der Waals surface area contributed by atoms with Gasteiger partial charge in [0.1, 0.15) is 5.75 Å². The minimum absolute atomic E-state index is 0.0186. The Morgan fingerprint density at radius 1 is 1.35 bits per heavy atom. The van der Waals surface area contributed by atoms with Crippen molar-refractivity contribution in [2.75, 3.05) is 23.0 Å². The first-order valence-corrected chi connectivity index (χ1v) is 9.21. The van der Waals surface area contributed by atoms with Crippen LogP contribution in [-0.4, -0.2) is 34.1 Å². The van der Waals surface area contributed by atoms with E-state index in [0.29, 0.717) is 18.7 Å². The van der Waals surface area contributed by atoms with E-state index in [1.54, 1.807) is 11.0 Å². The zero-order valence-corrected chi connectivity index (χ0v) is 14.1. The summed E-state index contributed by atoms with van der Waals surface area (Å²) in [5.41, 5.74) is 1.85. The van der Waals surface area contributed by atoms with E-state index in [1.807, 2.05) is 37.3 Å². The van der Waals surface area contributed by atoms with Crippen molar-refractivity contribution in [2.45, 2.75) is 26.3 Å². The van der Waals surface area contributed by atoms with Gasteiger partial charge < -0.3 is 10.2 Å². The van der Waals surface area contributed by atoms with E-state index < -0.39 is 10.8 Å². The summed E-state index contributed by atoms with van der Waals surface area (Å²) in [6.07, 6.45) is 5.13. The van der Waals surface area contributed by atoms with E-state index in [-0.39, 0.29) is 17.6 Å². The molecule has 1 fully saturated rings. The number of rotatable bonds is 7. The molecule has 1 heterocycles. The molecule has 1 aliphatic heterocycles. The predicted molar refractivity (Wildman–Crippen MR) is 92.6 cm³/mol. The lowest BCUT2D eigenvalue weighted by Crippen LogP contribution is -2.28. The number of hydrogen-bond acceptors (Lipinski definition) is 3. The number of allylic oxidation sites excluding steroid dienone is 1. The number of amides is 2. The maximum absolute atomic E-state index is 11.7. The van der Waals surface area contributed by atoms with Gasteiger partial charge in [-0.3, -0.25) is 13.8 Å². The Hall–Kier alpha value is -1.95. The molecular formula is C17H22N2O3S. The van der Waals surface area contributed by atoms with Crippen molar-refractivity contribution < 1.29 is 13.8 Å². The molecule has 1 unspecified atom stereocenters. The summed E-state index contributed by atoms with van der Waals surface area (Å²) in [7, 11) is -1.16. The molecule has 1 saturated heterocycles. The molecule has 5 nitrogen and oxygen atoms in total. The first-order valence-electron chi connectivity index (χ1n) is 7.72. The quantitative estimate of drug-likeness (QED) is 0.773. The van der Waals surface area contributed by atoms with Crippen LogP contribution in [0.1, 0.15) is 25.3 Å². The molecule has 0 spiro atoms. The maximum Gasteiger partial charge on any atom is 0.232 e. The van der Waals surface area contributed by atoms with Gasteiger partial charge in [-0.05, 0) is 31.0 Å². The van der Waals surface area contributed by atoms with Crippen molar-refractivity contribution in [2.24, 2.45) is 0 Å². The van der Waals surface area contributed by atoms with Crippen molar-refractivity contribution in [1.29, 1.82) is 0 Å². The first-order chi connectivity index (χ1) is 11.1. The normalized spacial score (nSPS) is 16.0. The summed E-state index contributed by atoms with van der Waals surface area (Å²) in [5.74, 6) is 0.369. The second-order valence-electron chi connectivity index (χ2n) is 5.41. The fraction of sp³-hybridized carbons (Fsp3) is 0.412. The van der Waals surface area contributed by atoms with Gasteiger partial charge in [-0.15, -0.1) is 0 Å². The van der Waals surface area contributed by atoms with Gasteiger partial charge >= 0.3 is 0 Å². The van der Waals surface area contributed by atoms with Crippen LogP contribution >= 0.6 is 0 Å². The van der Waals surface area contributed by atoms with E-state index in [2.05, 4.69) is 5.32 Å². The average Bonchev–Trinajstić information content (AvgIpc) is 2.97. The van der Waals surface area contributed by atoms with E-state index >= 15 is 0 Å². The standard InChI is InChI=1S/C17H22N2O3S/c1-2-3-11-23(22)13-16(20)18-12-14-6-8-15(9-7-14)19-10-4-5-17(19)21/h2-3,6-9H,4-5,10-13H2,1H3,(H,18,20)/b3-2+. The number of nitrogens with one attached hydrogen (secondary N) is 1. The molecule has 1 aliphatic rings. The lowest BCUT2D eigenvalue weighted by molar-refractivity contribution is -0.119. The van der Waals surface area contributed by atoms with Gasteiger partial charge in [0, 0.05) is 41.8 Å². The highest BCUT2D eigenvalue weighted by Crippen LogP contribution is 2.21. The SMILES string of the molecule is C/C=C/CS(=O)CC(=O)NCc1ccc(N2CCCC2=O)cc1. The number of nitrogens with zero attached hydrogens (tertiary/aromatic N) is 1. The Balaban J connectivity index is 1.81. The number of anilines is 1. The Morgan fingerprint density at radius 3 is 2.70 bits per heavy atom. The average molecular weight is 334 g/mol. The summed E-state index contributed by atoms with van der Waals surface area (Å²) >= 11 is 0. The summed E-state index contributed by atoms with van der Waals surface area (Å²) in [5, 5.41) is 2.77. The minimum atomic E-state index is -1.16. The van der Waals surface area contributed by atoms with Gasteiger partial charge in [0.25, 0.3) is 0 Å². The fourth-order valence-corrected chi connectivity index (χ4v) is 3.29. The Bertz CT molecular complexity index is 611. The van der Waals surface area contributed by atoms with Crippen molar-refractivity contribution >= 4 is 28.3 Å². The number of benzene rings is 1. The molecule has 1 aromatic carbocycles. The van der Waals surface area contributed by atoms with Crippen LogP contribution in [0.2, 0.25) is 0 Å². The third-order valence-corrected chi connectivity index (χ3v) is 4.77. The molecule has 1 atom stereocenters. The summed E-state index contributed by atoms with van der Waals surface area (Å²) < 4.78 is 11.6. The minimum Gasteiger partial charge on any atom is -0.351 e. The summed E-state index contributed by atoms with van der Waals surface area (Å²) in [6.45, 7) is 3.03. The van der Waals surface area contributed by atoms with Crippen molar-refractivity contribution in [1.82, 2.24) is 5.32 Å². The number of carbonyl (C=O) groups is 2. The Kier molecular flexibility index (Phi) is 6.52. The van der Waals surface area contributed by atoms with Crippen LogP contribution in [-0.2, 0) is 26.9 Å². The lowest BCUT2D eigenvalue weighted by Gasteiger charge is -2.16. The third kappa shape index (κ3) is 5.32. The highest BCUT2D eigenvalue weighted by molar-refractivity contribution is 7.85. The molecule has 0 aromatic heterocycles. The molecule has 0 saturated carbocycles. The van der Waals surface area contributed by atoms with Crippen LogP contribution < -0.4 is 10.2 Å². The third-order valence-electron chi connectivity index (χ3n) is 3.62. The Morgan fingerprint density at radius 2 is 2.09 bits per heavy atom. The van der Waals surface area contributed by atoms with Gasteiger partial charge in [-0.1, -0.05) is 24.3 Å². The van der Waals surface area contributed by atoms with Crippen LogP contribution in [0.4, 0.5) is 5.69 Å². The molecule has 0 aliphatic carbocycles. The predicted octanol–water partition coefficient (Wildman–Crippen LogP) is 1.75. The molecule has 6 heteroatoms. The van der Waals surface area contributed by atoms with Crippen molar-refractivity contribution in [3.8, 4) is 0 Å². The smallest absolute Gasteiger partial charge is 0.232 e. The molecule has 0 bridgehead atoms. The molecule has 2 amide bonds. The van der Waals surface area contributed by atoms with Gasteiger partial charge in [0.2, 0.25) is 11.8 Å². The first kappa shape index (κ1) is 17.4. The highest BCUT2D eigenvalue weighted by atomic mass is 32.2. The van der Waals surface area contributed by atoms with E-state index in [1.165, 1.54) is 0 Å². The summed E-state index contributed by atoms with van der Waals surface area (Å²) in [4.78, 5) is 25.2. The molecule has 23 heavy (non-hydrogen) atoms. The van der Waals surface area contributed by atoms with Gasteiger partial charge in [-0.25, -0.2) is 0 Å². The number of hydrogen-bond donors (Lipinski definition) is 1. The molecular weight excluding hydrogens is 312 g/mol. The fourth-order valence-electron chi connectivity index (χ4n) is 2.38. The zero-order valence-electron chi connectivity index (χ0n) is 13.3. The van der Waals surface area contributed by atoms with E-state index in [4.69, 9.17) is 0 Å². The highest BCUT2D eigenvalue weighted by Gasteiger charge is 2.21. The van der Waals surface area contributed by atoms with Crippen LogP contribution in [0.15, 0.2) is 36.4 Å². The maximum atomic E-state index is 11.7. The van der Waals surface area contributed by atoms with Crippen LogP contribution in [0, 0.1) is 0 Å². The topological polar surface area (TPSA) is 66.5 Å². The molecule has 0 radical (unpaired) electrons. The monoisotopic (exact) mass is 334 g/mol. The van der Waals surface area contributed by atoms with Crippen LogP contribution in [0.5, 0.6) is 0 Å². The van der Waals surface area contributed by atoms with E-state index in [9.17, 15) is 13.8 Å². The molecule has 2 rings (SSSR count). The van der Waals surface area contributed by atoms with Gasteiger partial charge in [0.15, 0.2) is 0 Å². The Labute approximate surface area is 139 Å². The van der Waals surface area contributed by atoms with Crippen LogP contribution in [0.3, 0.4) is 0 Å². The van der Waals surface area contributed by atoms with Crippen LogP contribution in [0.25, 0.3) is 0 Å². The molecule has 1 aromatic rings. The van der Waals surface area contributed by atoms with Gasteiger partial charge in [-0.2, -0.15) is 0 Å². The molecule has 124 valence electrons. The van der Waals surface area contributed by atoms with E-state index in [0.717, 1.165) is 24.2 Å². The number of carbonyl (C=O) groups excluding carboxylic acids is 2. The molecule has 1 N–H and O–H groups in total. The lowest BCUT2D eigenvalue weighted by atomic mass is 10.2. The zero-order chi connectivity index (χ0) is 16.7. The van der Waals surface area contributed by atoms with Crippen molar-refractivity contribution in [3.05, 3.63) is 42.0 Å². The van der Waals surface area contributed by atoms with Crippen molar-refractivity contribution in [3.63, 3.8) is 0 Å². The van der Waals surface area contributed by atoms with Gasteiger partial charge in [0.05, 0.1) is 0 Å². The summed E-state index contributed by atoms with van der Waals surface area (Å²) in [6, 6.07) is 7.60. The second-order valence-corrected chi connectivity index (χ2v) is 6.91. The second kappa shape index (κ2) is 8.62.